The van der Waals surface area contributed by atoms with Gasteiger partial charge in [0, 0.05) is 5.02 Å². The molecule has 0 aromatic heterocycles. The van der Waals surface area contributed by atoms with Gasteiger partial charge in [0.15, 0.2) is 0 Å². The van der Waals surface area contributed by atoms with Crippen molar-refractivity contribution in [2.45, 2.75) is 12.2 Å². The Labute approximate surface area is 186 Å². The van der Waals surface area contributed by atoms with E-state index in [1.165, 1.54) is 30.3 Å². The van der Waals surface area contributed by atoms with Gasteiger partial charge in [-0.1, -0.05) is 48.0 Å². The topological polar surface area (TPSA) is 58.2 Å². The first-order chi connectivity index (χ1) is 15.1. The fraction of sp³-hybridized carbons (Fsp3) is 0.130. The van der Waals surface area contributed by atoms with E-state index in [0.717, 1.165) is 18.2 Å². The summed E-state index contributed by atoms with van der Waals surface area (Å²) in [5.41, 5.74) is -0.415. The van der Waals surface area contributed by atoms with Crippen molar-refractivity contribution >= 4 is 23.4 Å². The maximum Gasteiger partial charge on any atom is 0.416 e. The Balaban J connectivity index is 1.80. The molecule has 0 saturated carbocycles. The van der Waals surface area contributed by atoms with Crippen LogP contribution in [0.4, 0.5) is 17.6 Å². The first-order valence-electron chi connectivity index (χ1n) is 9.40. The minimum Gasteiger partial charge on any atom is -0.344 e. The number of halogens is 5. The molecule has 2 amide bonds. The van der Waals surface area contributed by atoms with Crippen LogP contribution in [0.5, 0.6) is 0 Å². The lowest BCUT2D eigenvalue weighted by Crippen LogP contribution is -2.39. The largest absolute Gasteiger partial charge is 0.416 e. The number of nitrogens with one attached hydrogen (secondary N) is 2. The Morgan fingerprint density at radius 3 is 2.25 bits per heavy atom. The average molecular weight is 465 g/mol. The highest BCUT2D eigenvalue weighted by atomic mass is 35.5. The number of rotatable bonds is 6. The third-order valence-electron chi connectivity index (χ3n) is 4.58. The maximum absolute atomic E-state index is 13.7. The van der Waals surface area contributed by atoms with Gasteiger partial charge in [0.25, 0.3) is 5.91 Å². The summed E-state index contributed by atoms with van der Waals surface area (Å²) in [6.07, 6.45) is -4.56. The van der Waals surface area contributed by atoms with Crippen LogP contribution in [0.25, 0.3) is 0 Å². The van der Waals surface area contributed by atoms with Gasteiger partial charge in [-0.25, -0.2) is 4.39 Å². The van der Waals surface area contributed by atoms with E-state index < -0.39 is 42.0 Å². The van der Waals surface area contributed by atoms with E-state index in [9.17, 15) is 27.2 Å². The van der Waals surface area contributed by atoms with Gasteiger partial charge in [-0.2, -0.15) is 13.2 Å². The van der Waals surface area contributed by atoms with Gasteiger partial charge in [-0.3, -0.25) is 9.59 Å². The molecule has 4 nitrogen and oxygen atoms in total. The molecule has 0 saturated heterocycles. The van der Waals surface area contributed by atoms with Crippen LogP contribution in [0, 0.1) is 5.82 Å². The van der Waals surface area contributed by atoms with Crippen LogP contribution in [0.3, 0.4) is 0 Å². The molecule has 0 aliphatic carbocycles. The van der Waals surface area contributed by atoms with Gasteiger partial charge in [0.2, 0.25) is 5.91 Å². The Morgan fingerprint density at radius 1 is 0.906 bits per heavy atom. The fourth-order valence-corrected chi connectivity index (χ4v) is 3.15. The molecule has 9 heteroatoms. The molecule has 1 atom stereocenters. The van der Waals surface area contributed by atoms with Crippen molar-refractivity contribution < 1.29 is 27.2 Å². The van der Waals surface area contributed by atoms with Gasteiger partial charge in [0.1, 0.15) is 5.82 Å². The molecule has 0 bridgehead atoms. The van der Waals surface area contributed by atoms with Crippen molar-refractivity contribution in [1.82, 2.24) is 10.6 Å². The standard InChI is InChI=1S/C23H17ClF4N2O2/c24-17-10-8-14(9-11-17)21(15-4-3-5-16(12-15)23(26,27)28)30-20(31)13-29-22(32)18-6-1-2-7-19(18)25/h1-12,21H,13H2,(H,29,32)(H,30,31). The van der Waals surface area contributed by atoms with Crippen molar-refractivity contribution in [3.05, 3.63) is 106 Å². The quantitative estimate of drug-likeness (QED) is 0.497. The van der Waals surface area contributed by atoms with Crippen LogP contribution in [0.2, 0.25) is 5.02 Å². The normalized spacial score (nSPS) is 12.2. The molecule has 0 fully saturated rings. The molecule has 3 rings (SSSR count). The molecule has 2 N–H and O–H groups in total. The first-order valence-corrected chi connectivity index (χ1v) is 9.77. The molecule has 3 aromatic carbocycles. The van der Waals surface area contributed by atoms with E-state index in [-0.39, 0.29) is 11.1 Å². The monoisotopic (exact) mass is 464 g/mol. The predicted molar refractivity (Wildman–Crippen MR) is 112 cm³/mol. The number of hydrogen-bond donors (Lipinski definition) is 2. The summed E-state index contributed by atoms with van der Waals surface area (Å²) in [7, 11) is 0. The lowest BCUT2D eigenvalue weighted by molar-refractivity contribution is -0.137. The highest BCUT2D eigenvalue weighted by Crippen LogP contribution is 2.32. The van der Waals surface area contributed by atoms with Gasteiger partial charge in [-0.05, 0) is 47.5 Å². The van der Waals surface area contributed by atoms with E-state index >= 15 is 0 Å². The second-order valence-electron chi connectivity index (χ2n) is 6.84. The van der Waals surface area contributed by atoms with Gasteiger partial charge < -0.3 is 10.6 Å². The SMILES string of the molecule is O=C(CNC(=O)c1ccccc1F)NC(c1ccc(Cl)cc1)c1cccc(C(F)(F)F)c1. The summed E-state index contributed by atoms with van der Waals surface area (Å²) >= 11 is 5.89. The average Bonchev–Trinajstić information content (AvgIpc) is 2.76. The van der Waals surface area contributed by atoms with Crippen LogP contribution in [-0.4, -0.2) is 18.4 Å². The maximum atomic E-state index is 13.7. The number of alkyl halides is 3. The van der Waals surface area contributed by atoms with Crippen LogP contribution >= 0.6 is 11.6 Å². The molecule has 0 aliphatic rings. The minimum absolute atomic E-state index is 0.191. The van der Waals surface area contributed by atoms with Gasteiger partial charge in [0.05, 0.1) is 23.7 Å². The van der Waals surface area contributed by atoms with E-state index in [2.05, 4.69) is 10.6 Å². The van der Waals surface area contributed by atoms with Crippen molar-refractivity contribution in [2.75, 3.05) is 6.54 Å². The molecule has 0 spiro atoms. The van der Waals surface area contributed by atoms with E-state index in [4.69, 9.17) is 11.6 Å². The smallest absolute Gasteiger partial charge is 0.344 e. The molecule has 0 radical (unpaired) electrons. The summed E-state index contributed by atoms with van der Waals surface area (Å²) in [6, 6.07) is 15.1. The summed E-state index contributed by atoms with van der Waals surface area (Å²) in [5, 5.41) is 5.33. The van der Waals surface area contributed by atoms with Crippen LogP contribution < -0.4 is 10.6 Å². The van der Waals surface area contributed by atoms with Crippen molar-refractivity contribution in [3.8, 4) is 0 Å². The zero-order valence-electron chi connectivity index (χ0n) is 16.4. The van der Waals surface area contributed by atoms with Gasteiger partial charge in [-0.15, -0.1) is 0 Å². The molecule has 0 aliphatic heterocycles. The summed E-state index contributed by atoms with van der Waals surface area (Å²) in [6.45, 7) is -0.504. The third kappa shape index (κ3) is 5.85. The van der Waals surface area contributed by atoms with Crippen molar-refractivity contribution in [3.63, 3.8) is 0 Å². The second kappa shape index (κ2) is 9.82. The zero-order valence-corrected chi connectivity index (χ0v) is 17.2. The lowest BCUT2D eigenvalue weighted by atomic mass is 9.97. The zero-order chi connectivity index (χ0) is 23.3. The Bertz CT molecular complexity index is 1120. The molecular formula is C23H17ClF4N2O2. The van der Waals surface area contributed by atoms with E-state index in [1.807, 2.05) is 0 Å². The summed E-state index contributed by atoms with van der Waals surface area (Å²) in [4.78, 5) is 24.6. The molecule has 1 unspecified atom stereocenters. The fourth-order valence-electron chi connectivity index (χ4n) is 3.02. The summed E-state index contributed by atoms with van der Waals surface area (Å²) < 4.78 is 53.2. The number of carbonyl (C=O) groups is 2. The first kappa shape index (κ1) is 23.3. The number of carbonyl (C=O) groups excluding carboxylic acids is 2. The molecule has 3 aromatic rings. The lowest BCUT2D eigenvalue weighted by Gasteiger charge is -2.21. The van der Waals surface area contributed by atoms with E-state index in [1.54, 1.807) is 24.3 Å². The van der Waals surface area contributed by atoms with Crippen molar-refractivity contribution in [2.24, 2.45) is 0 Å². The van der Waals surface area contributed by atoms with Crippen LogP contribution in [-0.2, 0) is 11.0 Å². The van der Waals surface area contributed by atoms with E-state index in [0.29, 0.717) is 10.6 Å². The molecule has 32 heavy (non-hydrogen) atoms. The molecule has 166 valence electrons. The van der Waals surface area contributed by atoms with Gasteiger partial charge >= 0.3 is 6.18 Å². The van der Waals surface area contributed by atoms with Crippen LogP contribution in [0.15, 0.2) is 72.8 Å². The second-order valence-corrected chi connectivity index (χ2v) is 7.27. The molecular weight excluding hydrogens is 448 g/mol. The van der Waals surface area contributed by atoms with Crippen LogP contribution in [0.1, 0.15) is 33.1 Å². The van der Waals surface area contributed by atoms with Crippen molar-refractivity contribution in [1.29, 1.82) is 0 Å². The summed E-state index contributed by atoms with van der Waals surface area (Å²) in [5.74, 6) is -2.21. The highest BCUT2D eigenvalue weighted by Gasteiger charge is 2.31. The predicted octanol–water partition coefficient (Wildman–Crippen LogP) is 5.13. The highest BCUT2D eigenvalue weighted by molar-refractivity contribution is 6.30. The Morgan fingerprint density at radius 2 is 1.59 bits per heavy atom. The Kier molecular flexibility index (Phi) is 7.15. The number of benzene rings is 3. The number of hydrogen-bond acceptors (Lipinski definition) is 2. The Hall–Kier alpha value is -3.39. The molecule has 0 heterocycles. The third-order valence-corrected chi connectivity index (χ3v) is 4.84. The number of amides is 2. The minimum atomic E-state index is -4.56.